The Labute approximate surface area is 199 Å². The third-order valence-corrected chi connectivity index (χ3v) is 7.61. The molecule has 0 bridgehead atoms. The Morgan fingerprint density at radius 2 is 2.00 bits per heavy atom. The second-order valence-corrected chi connectivity index (χ2v) is 9.59. The smallest absolute Gasteiger partial charge is 0.276 e. The summed E-state index contributed by atoms with van der Waals surface area (Å²) in [6.45, 7) is 0.703. The topological polar surface area (TPSA) is 147 Å². The van der Waals surface area contributed by atoms with Crippen LogP contribution in [0.3, 0.4) is 0 Å². The van der Waals surface area contributed by atoms with E-state index in [1.165, 1.54) is 15.8 Å². The highest BCUT2D eigenvalue weighted by Crippen LogP contribution is 2.52. The molecule has 2 saturated heterocycles. The zero-order valence-corrected chi connectivity index (χ0v) is 19.0. The van der Waals surface area contributed by atoms with Gasteiger partial charge >= 0.3 is 0 Å². The number of carbonyl (C=O) groups is 5. The summed E-state index contributed by atoms with van der Waals surface area (Å²) >= 11 is 0. The Bertz CT molecular complexity index is 1310. The van der Waals surface area contributed by atoms with Crippen molar-refractivity contribution in [1.82, 2.24) is 35.4 Å². The Hall–Kier alpha value is -4.09. The number of benzene rings is 1. The molecular formula is C23H23N7O5. The van der Waals surface area contributed by atoms with Crippen molar-refractivity contribution >= 4 is 29.5 Å². The molecule has 2 N–H and O–H groups in total. The van der Waals surface area contributed by atoms with E-state index in [9.17, 15) is 24.0 Å². The summed E-state index contributed by atoms with van der Waals surface area (Å²) in [6, 6.07) is 4.31. The summed E-state index contributed by atoms with van der Waals surface area (Å²) in [5, 5.41) is 13.2. The van der Waals surface area contributed by atoms with Crippen LogP contribution < -0.4 is 10.6 Å². The Kier molecular flexibility index (Phi) is 4.57. The van der Waals surface area contributed by atoms with Gasteiger partial charge in [0.15, 0.2) is 5.69 Å². The first kappa shape index (κ1) is 21.4. The van der Waals surface area contributed by atoms with Gasteiger partial charge in [0, 0.05) is 32.1 Å². The van der Waals surface area contributed by atoms with Crippen LogP contribution in [0.15, 0.2) is 24.4 Å². The minimum absolute atomic E-state index is 0.0000337. The highest BCUT2D eigenvalue weighted by molar-refractivity contribution is 6.05. The van der Waals surface area contributed by atoms with Gasteiger partial charge in [0.1, 0.15) is 6.04 Å². The molecule has 4 aliphatic rings. The van der Waals surface area contributed by atoms with E-state index in [2.05, 4.69) is 20.9 Å². The number of nitrogens with one attached hydrogen (secondary N) is 2. The van der Waals surface area contributed by atoms with Crippen LogP contribution in [-0.2, 0) is 20.9 Å². The first-order valence-corrected chi connectivity index (χ1v) is 11.5. The molecule has 35 heavy (non-hydrogen) atoms. The largest absolute Gasteiger partial charge is 0.353 e. The van der Waals surface area contributed by atoms with Crippen LogP contribution in [0.25, 0.3) is 5.69 Å². The molecule has 2 atom stereocenters. The molecule has 1 saturated carbocycles. The van der Waals surface area contributed by atoms with Crippen LogP contribution in [0.1, 0.15) is 52.1 Å². The number of carbonyl (C=O) groups excluding carboxylic acids is 5. The van der Waals surface area contributed by atoms with Crippen molar-refractivity contribution in [2.75, 3.05) is 13.6 Å². The van der Waals surface area contributed by atoms with Gasteiger partial charge in [0.05, 0.1) is 23.3 Å². The Balaban J connectivity index is 1.20. The van der Waals surface area contributed by atoms with Gasteiger partial charge in [-0.1, -0.05) is 11.3 Å². The molecule has 3 aliphatic heterocycles. The number of hydrogen-bond acceptors (Lipinski definition) is 7. The highest BCUT2D eigenvalue weighted by atomic mass is 16.2. The predicted molar refractivity (Wildman–Crippen MR) is 118 cm³/mol. The number of imide groups is 1. The van der Waals surface area contributed by atoms with Gasteiger partial charge in [-0.2, -0.15) is 0 Å². The van der Waals surface area contributed by atoms with E-state index >= 15 is 0 Å². The normalized spacial score (nSPS) is 24.4. The van der Waals surface area contributed by atoms with Gasteiger partial charge in [0.2, 0.25) is 17.7 Å². The van der Waals surface area contributed by atoms with Crippen LogP contribution >= 0.6 is 0 Å². The number of piperidine rings is 1. The minimum Gasteiger partial charge on any atom is -0.353 e. The number of fused-ring (bicyclic) bond motifs is 1. The summed E-state index contributed by atoms with van der Waals surface area (Å²) in [6.07, 6.45) is 3.53. The van der Waals surface area contributed by atoms with Crippen LogP contribution in [0.5, 0.6) is 0 Å². The van der Waals surface area contributed by atoms with Crippen molar-refractivity contribution in [3.8, 4) is 5.69 Å². The number of aromatic nitrogens is 3. The maximum Gasteiger partial charge on any atom is 0.276 e. The molecule has 1 spiro atoms. The molecule has 1 aromatic heterocycles. The predicted octanol–water partition coefficient (Wildman–Crippen LogP) is -0.621. The molecule has 4 heterocycles. The SMILES string of the molecule is CN(C(=O)c1cn(-c2ccc3c(c2)C(=O)N(C2CCC(=O)NC2=O)C3)nn1)C1CNC(=O)C12CC2. The molecule has 6 rings (SSSR count). The van der Waals surface area contributed by atoms with Crippen LogP contribution in [0.2, 0.25) is 0 Å². The van der Waals surface area contributed by atoms with Gasteiger partial charge < -0.3 is 15.1 Å². The van der Waals surface area contributed by atoms with E-state index < -0.39 is 17.4 Å². The van der Waals surface area contributed by atoms with E-state index in [0.717, 1.165) is 18.4 Å². The lowest BCUT2D eigenvalue weighted by Crippen LogP contribution is -2.52. The maximum atomic E-state index is 13.1. The zero-order valence-electron chi connectivity index (χ0n) is 19.0. The molecular weight excluding hydrogens is 454 g/mol. The number of nitrogens with zero attached hydrogens (tertiary/aromatic N) is 5. The second kappa shape index (κ2) is 7.45. The third-order valence-electron chi connectivity index (χ3n) is 7.61. The zero-order chi connectivity index (χ0) is 24.5. The van der Waals surface area contributed by atoms with Crippen molar-refractivity contribution in [3.63, 3.8) is 0 Å². The molecule has 12 nitrogen and oxygen atoms in total. The molecule has 2 aromatic rings. The molecule has 5 amide bonds. The summed E-state index contributed by atoms with van der Waals surface area (Å²) in [5.41, 5.74) is 1.42. The van der Waals surface area contributed by atoms with E-state index in [-0.39, 0.29) is 48.3 Å². The minimum atomic E-state index is -0.686. The number of amides is 5. The van der Waals surface area contributed by atoms with Crippen LogP contribution in [-0.4, -0.2) is 80.0 Å². The Morgan fingerprint density at radius 1 is 1.20 bits per heavy atom. The molecule has 0 radical (unpaired) electrons. The summed E-state index contributed by atoms with van der Waals surface area (Å²) in [7, 11) is 1.67. The van der Waals surface area contributed by atoms with E-state index in [0.29, 0.717) is 24.2 Å². The van der Waals surface area contributed by atoms with Crippen molar-refractivity contribution in [3.05, 3.63) is 41.2 Å². The summed E-state index contributed by atoms with van der Waals surface area (Å²) in [5.74, 6) is -1.41. The first-order valence-electron chi connectivity index (χ1n) is 11.5. The standard InChI is InChI=1S/C23H23N7O5/c1-28(17-9-24-22(35)23(17)6-7-23)21(34)15-11-30(27-26-15)13-3-2-12-10-29(20(33)14(12)8-13)16-4-5-18(31)25-19(16)32/h2-3,8,11,16-17H,4-7,9-10H2,1H3,(H,24,35)(H,25,31,32). The van der Waals surface area contributed by atoms with E-state index in [1.807, 2.05) is 0 Å². The fourth-order valence-electron chi connectivity index (χ4n) is 5.41. The van der Waals surface area contributed by atoms with Crippen LogP contribution in [0, 0.1) is 5.41 Å². The monoisotopic (exact) mass is 477 g/mol. The van der Waals surface area contributed by atoms with Crippen molar-refractivity contribution in [2.24, 2.45) is 5.41 Å². The average Bonchev–Trinajstić information content (AvgIpc) is 3.21. The lowest BCUT2D eigenvalue weighted by Gasteiger charge is -2.29. The third kappa shape index (κ3) is 3.23. The molecule has 180 valence electrons. The van der Waals surface area contributed by atoms with Crippen molar-refractivity contribution in [2.45, 2.75) is 44.3 Å². The van der Waals surface area contributed by atoms with E-state index in [1.54, 1.807) is 30.1 Å². The Morgan fingerprint density at radius 3 is 2.74 bits per heavy atom. The quantitative estimate of drug-likeness (QED) is 0.558. The average molecular weight is 477 g/mol. The second-order valence-electron chi connectivity index (χ2n) is 9.59. The van der Waals surface area contributed by atoms with Gasteiger partial charge in [-0.25, -0.2) is 4.68 Å². The molecule has 1 aliphatic carbocycles. The number of likely N-dealkylation sites (N-methyl/N-ethyl adjacent to an activating group) is 1. The lowest BCUT2D eigenvalue weighted by atomic mass is 9.98. The number of hydrogen-bond donors (Lipinski definition) is 2. The molecule has 2 unspecified atom stereocenters. The lowest BCUT2D eigenvalue weighted by molar-refractivity contribution is -0.137. The maximum absolute atomic E-state index is 13.1. The van der Waals surface area contributed by atoms with Gasteiger partial charge in [-0.3, -0.25) is 29.3 Å². The van der Waals surface area contributed by atoms with Gasteiger partial charge in [0.25, 0.3) is 11.8 Å². The molecule has 3 fully saturated rings. The van der Waals surface area contributed by atoms with Gasteiger partial charge in [-0.15, -0.1) is 5.10 Å². The molecule has 12 heteroatoms. The van der Waals surface area contributed by atoms with Crippen LogP contribution in [0.4, 0.5) is 0 Å². The van der Waals surface area contributed by atoms with Gasteiger partial charge in [-0.05, 0) is 37.0 Å². The van der Waals surface area contributed by atoms with Crippen molar-refractivity contribution in [1.29, 1.82) is 0 Å². The molecule has 1 aromatic carbocycles. The fraction of sp³-hybridized carbons (Fsp3) is 0.435. The summed E-state index contributed by atoms with van der Waals surface area (Å²) < 4.78 is 1.42. The first-order chi connectivity index (χ1) is 16.8. The highest BCUT2D eigenvalue weighted by Gasteiger charge is 2.61. The van der Waals surface area contributed by atoms with Crippen molar-refractivity contribution < 1.29 is 24.0 Å². The fourth-order valence-corrected chi connectivity index (χ4v) is 5.41. The number of rotatable bonds is 4. The van der Waals surface area contributed by atoms with E-state index in [4.69, 9.17) is 0 Å². The summed E-state index contributed by atoms with van der Waals surface area (Å²) in [4.78, 5) is 65.0.